The summed E-state index contributed by atoms with van der Waals surface area (Å²) >= 11 is 6.22. The number of primary amides is 1. The molecule has 1 saturated heterocycles. The fourth-order valence-electron chi connectivity index (χ4n) is 5.81. The Hall–Kier alpha value is -4.36. The van der Waals surface area contributed by atoms with Crippen LogP contribution in [0.5, 0.6) is 5.75 Å². The number of carbonyl (C=O) groups excluding carboxylic acids is 3. The molecular formula is C32H29ClN2O5. The molecule has 4 atom stereocenters. The number of nitrogens with two attached hydrogens (primary N) is 1. The smallest absolute Gasteiger partial charge is 0.255 e. The van der Waals surface area contributed by atoms with Crippen molar-refractivity contribution in [3.05, 3.63) is 124 Å². The molecule has 1 aromatic heterocycles. The molecule has 2 heterocycles. The highest BCUT2D eigenvalue weighted by Crippen LogP contribution is 2.52. The SMILES string of the molecule is COc1ccc(C2C(C(=O)c3cc(C)oc3C)C(c3ccc(Cl)cc3)N(C(=O)c3ccccc3)C2C(N)=O)cc1. The Morgan fingerprint density at radius 2 is 1.52 bits per heavy atom. The maximum Gasteiger partial charge on any atom is 0.255 e. The van der Waals surface area contributed by atoms with Crippen molar-refractivity contribution < 1.29 is 23.5 Å². The number of furan rings is 1. The molecule has 0 radical (unpaired) electrons. The first-order chi connectivity index (χ1) is 19.2. The average Bonchev–Trinajstić information content (AvgIpc) is 3.50. The van der Waals surface area contributed by atoms with E-state index < -0.39 is 35.7 Å². The van der Waals surface area contributed by atoms with Gasteiger partial charge in [0.25, 0.3) is 5.91 Å². The lowest BCUT2D eigenvalue weighted by Gasteiger charge is -2.31. The highest BCUT2D eigenvalue weighted by molar-refractivity contribution is 6.30. The van der Waals surface area contributed by atoms with Crippen molar-refractivity contribution in [2.75, 3.05) is 7.11 Å². The van der Waals surface area contributed by atoms with E-state index in [1.807, 2.05) is 12.1 Å². The Bertz CT molecular complexity index is 1550. The van der Waals surface area contributed by atoms with Crippen molar-refractivity contribution in [3.63, 3.8) is 0 Å². The Balaban J connectivity index is 1.78. The summed E-state index contributed by atoms with van der Waals surface area (Å²) in [5.74, 6) is -1.30. The summed E-state index contributed by atoms with van der Waals surface area (Å²) in [7, 11) is 1.56. The van der Waals surface area contributed by atoms with E-state index in [1.54, 1.807) is 93.8 Å². The van der Waals surface area contributed by atoms with Crippen molar-refractivity contribution in [1.82, 2.24) is 4.90 Å². The molecule has 5 rings (SSSR count). The van der Waals surface area contributed by atoms with Gasteiger partial charge in [0.15, 0.2) is 5.78 Å². The monoisotopic (exact) mass is 556 g/mol. The fourth-order valence-corrected chi connectivity index (χ4v) is 5.94. The predicted molar refractivity (Wildman–Crippen MR) is 152 cm³/mol. The quantitative estimate of drug-likeness (QED) is 0.286. The van der Waals surface area contributed by atoms with Gasteiger partial charge in [-0.2, -0.15) is 0 Å². The second-order valence-electron chi connectivity index (χ2n) is 9.94. The number of rotatable bonds is 7. The highest BCUT2D eigenvalue weighted by Gasteiger charge is 2.57. The van der Waals surface area contributed by atoms with Crippen LogP contribution in [0.4, 0.5) is 0 Å². The molecular weight excluding hydrogens is 528 g/mol. The van der Waals surface area contributed by atoms with Gasteiger partial charge >= 0.3 is 0 Å². The second-order valence-corrected chi connectivity index (χ2v) is 10.4. The number of halogens is 1. The first-order valence-electron chi connectivity index (χ1n) is 12.9. The number of nitrogens with zero attached hydrogens (tertiary/aromatic N) is 1. The van der Waals surface area contributed by atoms with Gasteiger partial charge in [-0.25, -0.2) is 0 Å². The van der Waals surface area contributed by atoms with Crippen LogP contribution in [0.2, 0.25) is 5.02 Å². The minimum absolute atomic E-state index is 0.246. The Morgan fingerprint density at radius 1 is 0.900 bits per heavy atom. The number of Topliss-reactive ketones (excluding diaryl/α,β-unsaturated/α-hetero) is 1. The summed E-state index contributed by atoms with van der Waals surface area (Å²) in [6, 6.07) is 22.5. The van der Waals surface area contributed by atoms with E-state index >= 15 is 0 Å². The van der Waals surface area contributed by atoms with Crippen LogP contribution in [0, 0.1) is 19.8 Å². The predicted octanol–water partition coefficient (Wildman–Crippen LogP) is 5.89. The molecule has 4 aromatic rings. The molecule has 2 N–H and O–H groups in total. The molecule has 0 aliphatic carbocycles. The molecule has 1 fully saturated rings. The molecule has 4 unspecified atom stereocenters. The summed E-state index contributed by atoms with van der Waals surface area (Å²) < 4.78 is 11.1. The number of ketones is 1. The third-order valence-electron chi connectivity index (χ3n) is 7.53. The zero-order valence-electron chi connectivity index (χ0n) is 22.3. The summed E-state index contributed by atoms with van der Waals surface area (Å²) in [5, 5.41) is 0.505. The van der Waals surface area contributed by atoms with Gasteiger partial charge in [-0.1, -0.05) is 54.1 Å². The highest BCUT2D eigenvalue weighted by atomic mass is 35.5. The zero-order chi connectivity index (χ0) is 28.6. The van der Waals surface area contributed by atoms with Gasteiger partial charge in [0.1, 0.15) is 23.3 Å². The van der Waals surface area contributed by atoms with Crippen molar-refractivity contribution in [1.29, 1.82) is 0 Å². The summed E-state index contributed by atoms with van der Waals surface area (Å²) in [6.45, 7) is 3.50. The molecule has 0 spiro atoms. The molecule has 0 saturated carbocycles. The van der Waals surface area contributed by atoms with Gasteiger partial charge in [-0.3, -0.25) is 14.4 Å². The van der Waals surface area contributed by atoms with E-state index in [0.29, 0.717) is 44.5 Å². The first-order valence-corrected chi connectivity index (χ1v) is 13.3. The molecule has 1 aliphatic heterocycles. The topological polar surface area (TPSA) is 103 Å². The number of hydrogen-bond acceptors (Lipinski definition) is 5. The van der Waals surface area contributed by atoms with E-state index in [2.05, 4.69) is 0 Å². The van der Waals surface area contributed by atoms with Gasteiger partial charge in [0.2, 0.25) is 5.91 Å². The van der Waals surface area contributed by atoms with Crippen LogP contribution in [0.1, 0.15) is 55.3 Å². The van der Waals surface area contributed by atoms with Gasteiger partial charge < -0.3 is 19.8 Å². The second kappa shape index (κ2) is 11.0. The van der Waals surface area contributed by atoms with Gasteiger partial charge in [0, 0.05) is 16.5 Å². The summed E-state index contributed by atoms with van der Waals surface area (Å²) in [6.07, 6.45) is 0. The van der Waals surface area contributed by atoms with E-state index in [-0.39, 0.29) is 5.78 Å². The van der Waals surface area contributed by atoms with Gasteiger partial charge in [-0.05, 0) is 67.4 Å². The zero-order valence-corrected chi connectivity index (χ0v) is 23.1. The standard InChI is InChI=1S/C32H29ClN2O5/c1-18-17-25(19(2)40-18)30(36)27-26(20-11-15-24(39-3)16-12-20)29(31(34)37)35(32(38)22-7-5-4-6-8-22)28(27)21-9-13-23(33)14-10-21/h4-17,26-29H,1-3H3,(H2,34,37). The number of methoxy groups -OCH3 is 1. The van der Waals surface area contributed by atoms with E-state index in [0.717, 1.165) is 0 Å². The van der Waals surface area contributed by atoms with Crippen molar-refractivity contribution in [2.24, 2.45) is 11.7 Å². The molecule has 7 nitrogen and oxygen atoms in total. The van der Waals surface area contributed by atoms with Crippen LogP contribution in [0.15, 0.2) is 89.3 Å². The van der Waals surface area contributed by atoms with Gasteiger partial charge in [0.05, 0.1) is 24.6 Å². The molecule has 8 heteroatoms. The Kier molecular flexibility index (Phi) is 7.50. The third kappa shape index (κ3) is 4.89. The number of benzene rings is 3. The lowest BCUT2D eigenvalue weighted by Crippen LogP contribution is -2.46. The number of hydrogen-bond donors (Lipinski definition) is 1. The van der Waals surface area contributed by atoms with Crippen molar-refractivity contribution in [2.45, 2.75) is 31.8 Å². The molecule has 3 aromatic carbocycles. The van der Waals surface area contributed by atoms with Crippen molar-refractivity contribution in [3.8, 4) is 5.75 Å². The lowest BCUT2D eigenvalue weighted by atomic mass is 9.76. The van der Waals surface area contributed by atoms with Crippen LogP contribution >= 0.6 is 11.6 Å². The molecule has 2 amide bonds. The van der Waals surface area contributed by atoms with E-state index in [9.17, 15) is 14.4 Å². The van der Waals surface area contributed by atoms with Crippen molar-refractivity contribution >= 4 is 29.2 Å². The van der Waals surface area contributed by atoms with Crippen LogP contribution in [-0.4, -0.2) is 35.6 Å². The largest absolute Gasteiger partial charge is 0.497 e. The minimum Gasteiger partial charge on any atom is -0.497 e. The van der Waals surface area contributed by atoms with Crippen LogP contribution < -0.4 is 10.5 Å². The number of ether oxygens (including phenoxy) is 1. The van der Waals surface area contributed by atoms with Crippen LogP contribution in [-0.2, 0) is 4.79 Å². The average molecular weight is 557 g/mol. The van der Waals surface area contributed by atoms with Crippen LogP contribution in [0.25, 0.3) is 0 Å². The van der Waals surface area contributed by atoms with E-state index in [1.165, 1.54) is 4.90 Å². The Morgan fingerprint density at radius 3 is 2.08 bits per heavy atom. The third-order valence-corrected chi connectivity index (χ3v) is 7.79. The normalized spacial score (nSPS) is 20.4. The lowest BCUT2D eigenvalue weighted by molar-refractivity contribution is -0.122. The summed E-state index contributed by atoms with van der Waals surface area (Å²) in [4.78, 5) is 43.5. The van der Waals surface area contributed by atoms with Crippen LogP contribution in [0.3, 0.4) is 0 Å². The number of likely N-dealkylation sites (tertiary alicyclic amines) is 1. The van der Waals surface area contributed by atoms with E-state index in [4.69, 9.17) is 26.5 Å². The molecule has 204 valence electrons. The molecule has 0 bridgehead atoms. The maximum atomic E-state index is 14.5. The number of amides is 2. The first kappa shape index (κ1) is 27.2. The number of carbonyl (C=O) groups is 3. The minimum atomic E-state index is -1.12. The fraction of sp³-hybridized carbons (Fsp3) is 0.219. The Labute approximate surface area is 237 Å². The number of aryl methyl sites for hydroxylation is 2. The molecule has 40 heavy (non-hydrogen) atoms. The van der Waals surface area contributed by atoms with Gasteiger partial charge in [-0.15, -0.1) is 0 Å². The summed E-state index contributed by atoms with van der Waals surface area (Å²) in [5.41, 5.74) is 8.20. The molecule has 1 aliphatic rings. The maximum absolute atomic E-state index is 14.5.